The van der Waals surface area contributed by atoms with Crippen molar-refractivity contribution in [2.45, 2.75) is 0 Å². The van der Waals surface area contributed by atoms with Crippen molar-refractivity contribution in [3.05, 3.63) is 75.9 Å². The standard InChI is InChI=1S/C20H15BrNOS/c1-22-17-4-2-3-5-19(17)24-20(22)13-11-16-10-12-18(23-16)14-6-8-15(21)9-7-14/h2-13H,1H3/q+1/b13-11+. The van der Waals surface area contributed by atoms with Crippen LogP contribution in [0.2, 0.25) is 0 Å². The molecule has 0 N–H and O–H groups in total. The van der Waals surface area contributed by atoms with Gasteiger partial charge in [0.05, 0.1) is 0 Å². The van der Waals surface area contributed by atoms with Gasteiger partial charge >= 0.3 is 0 Å². The molecule has 2 aromatic heterocycles. The fraction of sp³-hybridized carbons (Fsp3) is 0.0500. The van der Waals surface area contributed by atoms with Crippen LogP contribution in [0.4, 0.5) is 0 Å². The first-order valence-corrected chi connectivity index (χ1v) is 9.23. The average Bonchev–Trinajstić information content (AvgIpc) is 3.19. The maximum Gasteiger partial charge on any atom is 0.262 e. The lowest BCUT2D eigenvalue weighted by molar-refractivity contribution is -0.642. The number of halogens is 1. The van der Waals surface area contributed by atoms with E-state index in [4.69, 9.17) is 4.42 Å². The van der Waals surface area contributed by atoms with Gasteiger partial charge in [0.25, 0.3) is 5.01 Å². The van der Waals surface area contributed by atoms with Crippen LogP contribution in [0.25, 0.3) is 33.7 Å². The molecule has 4 aromatic rings. The largest absolute Gasteiger partial charge is 0.457 e. The number of thiazole rings is 1. The molecule has 0 aliphatic heterocycles. The van der Waals surface area contributed by atoms with Crippen LogP contribution in [0.15, 0.2) is 69.6 Å². The van der Waals surface area contributed by atoms with Crippen LogP contribution in [0.1, 0.15) is 10.8 Å². The second-order valence-corrected chi connectivity index (χ2v) is 7.49. The second kappa shape index (κ2) is 6.38. The minimum absolute atomic E-state index is 0.852. The summed E-state index contributed by atoms with van der Waals surface area (Å²) in [5.41, 5.74) is 2.32. The van der Waals surface area contributed by atoms with Crippen molar-refractivity contribution in [3.63, 3.8) is 0 Å². The number of nitrogens with zero attached hydrogens (tertiary/aromatic N) is 1. The highest BCUT2D eigenvalue weighted by atomic mass is 79.9. The molecule has 0 radical (unpaired) electrons. The molecule has 2 aromatic carbocycles. The number of hydrogen-bond donors (Lipinski definition) is 0. The zero-order chi connectivity index (χ0) is 16.5. The minimum atomic E-state index is 0.852. The highest BCUT2D eigenvalue weighted by molar-refractivity contribution is 9.10. The van der Waals surface area contributed by atoms with Crippen LogP contribution in [-0.2, 0) is 7.05 Å². The van der Waals surface area contributed by atoms with Gasteiger partial charge in [-0.15, -0.1) is 0 Å². The topological polar surface area (TPSA) is 17.0 Å². The van der Waals surface area contributed by atoms with Crippen LogP contribution in [-0.4, -0.2) is 0 Å². The molecule has 0 saturated carbocycles. The number of para-hydroxylation sites is 1. The Morgan fingerprint density at radius 2 is 1.75 bits per heavy atom. The lowest BCUT2D eigenvalue weighted by Gasteiger charge is -1.96. The van der Waals surface area contributed by atoms with Crippen LogP contribution < -0.4 is 4.57 Å². The highest BCUT2D eigenvalue weighted by Gasteiger charge is 2.13. The minimum Gasteiger partial charge on any atom is -0.457 e. The quantitative estimate of drug-likeness (QED) is 0.392. The van der Waals surface area contributed by atoms with Crippen molar-refractivity contribution < 1.29 is 8.98 Å². The molecule has 0 aliphatic rings. The normalized spacial score (nSPS) is 11.6. The van der Waals surface area contributed by atoms with Crippen molar-refractivity contribution in [3.8, 4) is 11.3 Å². The molecule has 0 fully saturated rings. The maximum atomic E-state index is 5.94. The first-order valence-electron chi connectivity index (χ1n) is 7.62. The van der Waals surface area contributed by atoms with Crippen molar-refractivity contribution >= 4 is 49.6 Å². The van der Waals surface area contributed by atoms with Gasteiger partial charge in [0.15, 0.2) is 0 Å². The average molecular weight is 397 g/mol. The molecule has 0 bridgehead atoms. The summed E-state index contributed by atoms with van der Waals surface area (Å²) in [5.74, 6) is 1.73. The lowest BCUT2D eigenvalue weighted by atomic mass is 10.2. The summed E-state index contributed by atoms with van der Waals surface area (Å²) < 4.78 is 10.5. The van der Waals surface area contributed by atoms with Gasteiger partial charge in [-0.25, -0.2) is 0 Å². The molecule has 2 heterocycles. The van der Waals surface area contributed by atoms with E-state index in [2.05, 4.69) is 57.9 Å². The Kier molecular flexibility index (Phi) is 4.08. The fourth-order valence-corrected chi connectivity index (χ4v) is 3.95. The molecule has 118 valence electrons. The molecule has 4 rings (SSSR count). The second-order valence-electron chi connectivity index (χ2n) is 5.51. The molecule has 0 spiro atoms. The summed E-state index contributed by atoms with van der Waals surface area (Å²) >= 11 is 5.23. The molecule has 0 amide bonds. The van der Waals surface area contributed by atoms with Gasteiger partial charge in [-0.05, 0) is 36.4 Å². The van der Waals surface area contributed by atoms with E-state index in [1.54, 1.807) is 11.3 Å². The predicted molar refractivity (Wildman–Crippen MR) is 104 cm³/mol. The third kappa shape index (κ3) is 2.95. The third-order valence-corrected chi connectivity index (χ3v) is 5.63. The number of aryl methyl sites for hydroxylation is 1. The van der Waals surface area contributed by atoms with Gasteiger partial charge < -0.3 is 4.42 Å². The molecular formula is C20H15BrNOS+. The maximum absolute atomic E-state index is 5.94. The van der Waals surface area contributed by atoms with Crippen LogP contribution in [0.5, 0.6) is 0 Å². The summed E-state index contributed by atoms with van der Waals surface area (Å²) in [6.45, 7) is 0. The van der Waals surface area contributed by atoms with E-state index >= 15 is 0 Å². The van der Waals surface area contributed by atoms with Gasteiger partial charge in [0.1, 0.15) is 23.3 Å². The Labute approximate surface area is 152 Å². The molecule has 0 saturated heterocycles. The van der Waals surface area contributed by atoms with Gasteiger partial charge in [0, 0.05) is 22.2 Å². The van der Waals surface area contributed by atoms with Crippen molar-refractivity contribution in [2.75, 3.05) is 0 Å². The number of rotatable bonds is 3. The molecule has 0 aliphatic carbocycles. The van der Waals surface area contributed by atoms with E-state index in [0.29, 0.717) is 0 Å². The monoisotopic (exact) mass is 396 g/mol. The van der Waals surface area contributed by atoms with Crippen LogP contribution in [0.3, 0.4) is 0 Å². The Balaban J connectivity index is 1.62. The molecule has 0 atom stereocenters. The summed E-state index contributed by atoms with van der Waals surface area (Å²) in [5, 5.41) is 1.19. The first kappa shape index (κ1) is 15.4. The van der Waals surface area contributed by atoms with E-state index < -0.39 is 0 Å². The number of benzene rings is 2. The van der Waals surface area contributed by atoms with E-state index in [-0.39, 0.29) is 0 Å². The summed E-state index contributed by atoms with van der Waals surface area (Å²) in [6, 6.07) is 20.6. The predicted octanol–water partition coefficient (Wildman–Crippen LogP) is 5.92. The number of fused-ring (bicyclic) bond motifs is 1. The van der Waals surface area contributed by atoms with Crippen molar-refractivity contribution in [2.24, 2.45) is 7.05 Å². The number of furan rings is 1. The Hall–Kier alpha value is -2.17. The van der Waals surface area contributed by atoms with Crippen molar-refractivity contribution in [1.82, 2.24) is 0 Å². The van der Waals surface area contributed by atoms with Gasteiger partial charge in [-0.1, -0.05) is 51.5 Å². The van der Waals surface area contributed by atoms with Gasteiger partial charge in [0.2, 0.25) is 5.52 Å². The van der Waals surface area contributed by atoms with Crippen LogP contribution in [0, 0.1) is 0 Å². The summed E-state index contributed by atoms with van der Waals surface area (Å²) in [7, 11) is 2.09. The number of hydrogen-bond acceptors (Lipinski definition) is 2. The summed E-state index contributed by atoms with van der Waals surface area (Å²) in [6.07, 6.45) is 4.13. The van der Waals surface area contributed by atoms with E-state index in [1.165, 1.54) is 15.2 Å². The zero-order valence-corrected chi connectivity index (χ0v) is 15.5. The first-order chi connectivity index (χ1) is 11.7. The Bertz CT molecular complexity index is 1030. The van der Waals surface area contributed by atoms with Gasteiger partial charge in [-0.3, -0.25) is 0 Å². The SMILES string of the molecule is C[n+]1c(/C=C/c2ccc(-c3ccc(Br)cc3)o2)sc2ccccc21. The molecule has 2 nitrogen and oxygen atoms in total. The zero-order valence-electron chi connectivity index (χ0n) is 13.1. The van der Waals surface area contributed by atoms with Gasteiger partial charge in [-0.2, -0.15) is 4.57 Å². The summed E-state index contributed by atoms with van der Waals surface area (Å²) in [4.78, 5) is 0. The van der Waals surface area contributed by atoms with E-state index in [0.717, 1.165) is 21.6 Å². The van der Waals surface area contributed by atoms with E-state index in [9.17, 15) is 0 Å². The third-order valence-electron chi connectivity index (χ3n) is 3.92. The molecule has 0 unspecified atom stereocenters. The molecule has 24 heavy (non-hydrogen) atoms. The fourth-order valence-electron chi connectivity index (χ4n) is 2.63. The molecular weight excluding hydrogens is 382 g/mol. The molecule has 4 heteroatoms. The number of aromatic nitrogens is 1. The highest BCUT2D eigenvalue weighted by Crippen LogP contribution is 2.26. The Morgan fingerprint density at radius 3 is 2.54 bits per heavy atom. The Morgan fingerprint density at radius 1 is 0.958 bits per heavy atom. The lowest BCUT2D eigenvalue weighted by Crippen LogP contribution is -2.28. The smallest absolute Gasteiger partial charge is 0.262 e. The van der Waals surface area contributed by atoms with E-state index in [1.807, 2.05) is 42.5 Å². The van der Waals surface area contributed by atoms with Crippen molar-refractivity contribution in [1.29, 1.82) is 0 Å². The van der Waals surface area contributed by atoms with Crippen LogP contribution >= 0.6 is 27.3 Å².